The van der Waals surface area contributed by atoms with Crippen molar-refractivity contribution >= 4 is 35.7 Å². The minimum absolute atomic E-state index is 0. The number of rotatable bonds is 2. The monoisotopic (exact) mass is 290 g/mol. The summed E-state index contributed by atoms with van der Waals surface area (Å²) in [5, 5.41) is 0.283. The summed E-state index contributed by atoms with van der Waals surface area (Å²) < 4.78 is 0. The molecule has 0 aromatic carbocycles. The quantitative estimate of drug-likeness (QED) is 0.801. The standard InChI is InChI=1S/C11H15ClN4O.ClH/c12-9-5-7(11(14)17)6-10(15-9)16-3-1-8(13)2-4-16;/h5-6,8H,1-4,13H2,(H2,14,17);1H. The molecular weight excluding hydrogens is 275 g/mol. The van der Waals surface area contributed by atoms with Crippen molar-refractivity contribution in [1.82, 2.24) is 4.98 Å². The normalized spacial score (nSPS) is 16.2. The zero-order valence-electron chi connectivity index (χ0n) is 9.80. The molecule has 100 valence electrons. The molecule has 0 unspecified atom stereocenters. The first-order chi connectivity index (χ1) is 8.06. The zero-order valence-corrected chi connectivity index (χ0v) is 11.4. The van der Waals surface area contributed by atoms with Gasteiger partial charge in [0.15, 0.2) is 0 Å². The highest BCUT2D eigenvalue weighted by molar-refractivity contribution is 6.29. The van der Waals surface area contributed by atoms with Gasteiger partial charge < -0.3 is 16.4 Å². The van der Waals surface area contributed by atoms with Gasteiger partial charge in [0, 0.05) is 24.7 Å². The Balaban J connectivity index is 0.00000162. The third-order valence-corrected chi connectivity index (χ3v) is 3.12. The summed E-state index contributed by atoms with van der Waals surface area (Å²) in [5.41, 5.74) is 11.5. The van der Waals surface area contributed by atoms with Crippen LogP contribution in [0.3, 0.4) is 0 Å². The molecule has 2 heterocycles. The number of carbonyl (C=O) groups is 1. The van der Waals surface area contributed by atoms with E-state index in [1.165, 1.54) is 6.07 Å². The average molecular weight is 291 g/mol. The number of anilines is 1. The number of hydrogen-bond donors (Lipinski definition) is 2. The zero-order chi connectivity index (χ0) is 12.4. The number of piperidine rings is 1. The number of nitrogens with zero attached hydrogens (tertiary/aromatic N) is 2. The number of halogens is 2. The van der Waals surface area contributed by atoms with Crippen molar-refractivity contribution in [3.8, 4) is 0 Å². The first kappa shape index (κ1) is 15.0. The van der Waals surface area contributed by atoms with Crippen molar-refractivity contribution in [3.05, 3.63) is 22.8 Å². The molecule has 18 heavy (non-hydrogen) atoms. The number of pyridine rings is 1. The van der Waals surface area contributed by atoms with Gasteiger partial charge >= 0.3 is 0 Å². The Kier molecular flexibility index (Phi) is 5.19. The molecule has 1 aliphatic rings. The van der Waals surface area contributed by atoms with Crippen LogP contribution in [0.5, 0.6) is 0 Å². The Morgan fingerprint density at radius 1 is 1.39 bits per heavy atom. The highest BCUT2D eigenvalue weighted by atomic mass is 35.5. The smallest absolute Gasteiger partial charge is 0.248 e. The molecule has 0 aliphatic carbocycles. The fraction of sp³-hybridized carbons (Fsp3) is 0.455. The number of nitrogens with two attached hydrogens (primary N) is 2. The molecular formula is C11H16Cl2N4O. The summed E-state index contributed by atoms with van der Waals surface area (Å²) in [4.78, 5) is 17.4. The molecule has 1 amide bonds. The van der Waals surface area contributed by atoms with Crippen molar-refractivity contribution in [3.63, 3.8) is 0 Å². The number of amides is 1. The maximum atomic E-state index is 11.1. The second-order valence-corrected chi connectivity index (χ2v) is 4.61. The summed E-state index contributed by atoms with van der Waals surface area (Å²) in [7, 11) is 0. The largest absolute Gasteiger partial charge is 0.366 e. The van der Waals surface area contributed by atoms with E-state index < -0.39 is 5.91 Å². The Hall–Kier alpha value is -1.04. The average Bonchev–Trinajstić information content (AvgIpc) is 2.29. The highest BCUT2D eigenvalue weighted by Gasteiger charge is 2.18. The van der Waals surface area contributed by atoms with E-state index in [9.17, 15) is 4.79 Å². The van der Waals surface area contributed by atoms with Crippen molar-refractivity contribution in [2.24, 2.45) is 11.5 Å². The summed E-state index contributed by atoms with van der Waals surface area (Å²) in [6.07, 6.45) is 1.83. The van der Waals surface area contributed by atoms with Gasteiger partial charge in [-0.15, -0.1) is 12.4 Å². The fourth-order valence-corrected chi connectivity index (χ4v) is 2.12. The molecule has 0 bridgehead atoms. The summed E-state index contributed by atoms with van der Waals surface area (Å²) in [5.74, 6) is 0.197. The number of carbonyl (C=O) groups excluding carboxylic acids is 1. The first-order valence-electron chi connectivity index (χ1n) is 5.54. The van der Waals surface area contributed by atoms with E-state index in [4.69, 9.17) is 23.1 Å². The van der Waals surface area contributed by atoms with Gasteiger partial charge in [0.2, 0.25) is 5.91 Å². The van der Waals surface area contributed by atoms with Gasteiger partial charge in [0.05, 0.1) is 0 Å². The molecule has 1 saturated heterocycles. The van der Waals surface area contributed by atoms with Crippen LogP contribution < -0.4 is 16.4 Å². The second-order valence-electron chi connectivity index (χ2n) is 4.23. The second kappa shape index (κ2) is 6.22. The molecule has 2 rings (SSSR count). The van der Waals surface area contributed by atoms with Crippen molar-refractivity contribution in [2.45, 2.75) is 18.9 Å². The molecule has 7 heteroatoms. The van der Waals surface area contributed by atoms with Crippen LogP contribution in [-0.2, 0) is 0 Å². The van der Waals surface area contributed by atoms with Crippen LogP contribution in [0.2, 0.25) is 5.15 Å². The molecule has 1 aromatic rings. The van der Waals surface area contributed by atoms with Crippen LogP contribution in [0.25, 0.3) is 0 Å². The number of aromatic nitrogens is 1. The topological polar surface area (TPSA) is 85.2 Å². The summed E-state index contributed by atoms with van der Waals surface area (Å²) >= 11 is 5.87. The third-order valence-electron chi connectivity index (χ3n) is 2.93. The van der Waals surface area contributed by atoms with Gasteiger partial charge in [0.1, 0.15) is 11.0 Å². The Bertz CT molecular complexity index is 433. The molecule has 0 saturated carbocycles. The maximum Gasteiger partial charge on any atom is 0.248 e. The SMILES string of the molecule is Cl.NC(=O)c1cc(Cl)nc(N2CCC(N)CC2)c1. The summed E-state index contributed by atoms with van der Waals surface area (Å²) in [6.45, 7) is 1.65. The lowest BCUT2D eigenvalue weighted by Crippen LogP contribution is -2.40. The van der Waals surface area contributed by atoms with E-state index in [2.05, 4.69) is 9.88 Å². The van der Waals surface area contributed by atoms with E-state index in [1.54, 1.807) is 6.07 Å². The van der Waals surface area contributed by atoms with Gasteiger partial charge in [-0.05, 0) is 25.0 Å². The van der Waals surface area contributed by atoms with E-state index >= 15 is 0 Å². The maximum absolute atomic E-state index is 11.1. The van der Waals surface area contributed by atoms with E-state index in [0.717, 1.165) is 25.9 Å². The van der Waals surface area contributed by atoms with Crippen molar-refractivity contribution in [1.29, 1.82) is 0 Å². The molecule has 0 spiro atoms. The number of primary amides is 1. The minimum atomic E-state index is -0.496. The van der Waals surface area contributed by atoms with Gasteiger partial charge in [-0.1, -0.05) is 11.6 Å². The van der Waals surface area contributed by atoms with Gasteiger partial charge in [-0.25, -0.2) is 4.98 Å². The van der Waals surface area contributed by atoms with Crippen LogP contribution in [0.1, 0.15) is 23.2 Å². The first-order valence-corrected chi connectivity index (χ1v) is 5.92. The molecule has 0 atom stereocenters. The molecule has 0 radical (unpaired) electrons. The predicted molar refractivity (Wildman–Crippen MR) is 74.4 cm³/mol. The van der Waals surface area contributed by atoms with E-state index in [-0.39, 0.29) is 23.6 Å². The minimum Gasteiger partial charge on any atom is -0.366 e. The van der Waals surface area contributed by atoms with Crippen LogP contribution >= 0.6 is 24.0 Å². The fourth-order valence-electron chi connectivity index (χ4n) is 1.92. The van der Waals surface area contributed by atoms with Crippen molar-refractivity contribution < 1.29 is 4.79 Å². The number of hydrogen-bond acceptors (Lipinski definition) is 4. The predicted octanol–water partition coefficient (Wildman–Crippen LogP) is 1.18. The Labute approximate surface area is 117 Å². The van der Waals surface area contributed by atoms with Crippen LogP contribution in [-0.4, -0.2) is 30.0 Å². The van der Waals surface area contributed by atoms with Crippen molar-refractivity contribution in [2.75, 3.05) is 18.0 Å². The van der Waals surface area contributed by atoms with Crippen LogP contribution in [0, 0.1) is 0 Å². The van der Waals surface area contributed by atoms with Gasteiger partial charge in [0.25, 0.3) is 0 Å². The lowest BCUT2D eigenvalue weighted by Gasteiger charge is -2.31. The third kappa shape index (κ3) is 3.48. The van der Waals surface area contributed by atoms with Gasteiger partial charge in [-0.3, -0.25) is 4.79 Å². The molecule has 1 aromatic heterocycles. The highest BCUT2D eigenvalue weighted by Crippen LogP contribution is 2.21. The molecule has 5 nitrogen and oxygen atoms in total. The van der Waals surface area contributed by atoms with Crippen LogP contribution in [0.15, 0.2) is 12.1 Å². The Morgan fingerprint density at radius 3 is 2.56 bits per heavy atom. The molecule has 1 fully saturated rings. The lowest BCUT2D eigenvalue weighted by molar-refractivity contribution is 0.1000. The van der Waals surface area contributed by atoms with E-state index in [0.29, 0.717) is 11.4 Å². The van der Waals surface area contributed by atoms with E-state index in [1.807, 2.05) is 0 Å². The molecule has 4 N–H and O–H groups in total. The van der Waals surface area contributed by atoms with Gasteiger partial charge in [-0.2, -0.15) is 0 Å². The lowest BCUT2D eigenvalue weighted by atomic mass is 10.1. The Morgan fingerprint density at radius 2 is 2.00 bits per heavy atom. The van der Waals surface area contributed by atoms with Crippen LogP contribution in [0.4, 0.5) is 5.82 Å². The summed E-state index contributed by atoms with van der Waals surface area (Å²) in [6, 6.07) is 3.40. The molecule has 1 aliphatic heterocycles.